The molecule has 1 aromatic carbocycles. The van der Waals surface area contributed by atoms with Gasteiger partial charge in [-0.15, -0.1) is 0 Å². The minimum Gasteiger partial charge on any atom is -0.512 e. The molecule has 18 heavy (non-hydrogen) atoms. The number of rotatable bonds is 4. The van der Waals surface area contributed by atoms with Crippen LogP contribution >= 0.6 is 0 Å². The molecule has 0 saturated carbocycles. The zero-order valence-corrected chi connectivity index (χ0v) is 9.15. The average molecular weight is 250 g/mol. The van der Waals surface area contributed by atoms with Crippen LogP contribution < -0.4 is 0 Å². The van der Waals surface area contributed by atoms with Crippen LogP contribution in [0.5, 0.6) is 0 Å². The number of carbonyl (C=O) groups excluding carboxylic acids is 2. The molecule has 6 heteroatoms. The highest BCUT2D eigenvalue weighted by Crippen LogP contribution is 2.08. The highest BCUT2D eigenvalue weighted by atomic mass is 16.5. The molecule has 1 aromatic rings. The molecule has 0 bridgehead atoms. The molecule has 6 nitrogen and oxygen atoms in total. The third-order valence-corrected chi connectivity index (χ3v) is 1.81. The lowest BCUT2D eigenvalue weighted by molar-refractivity contribution is 0.0655. The normalized spacial score (nSPS) is 10.7. The summed E-state index contributed by atoms with van der Waals surface area (Å²) < 4.78 is 9.04. The van der Waals surface area contributed by atoms with Crippen molar-refractivity contribution in [1.29, 1.82) is 0 Å². The summed E-state index contributed by atoms with van der Waals surface area (Å²) in [4.78, 5) is 22.8. The van der Waals surface area contributed by atoms with E-state index < -0.39 is 11.9 Å². The lowest BCUT2D eigenvalue weighted by Gasteiger charge is -2.02. The first-order valence-corrected chi connectivity index (χ1v) is 4.79. The van der Waals surface area contributed by atoms with Crippen LogP contribution in [0.1, 0.15) is 20.7 Å². The lowest BCUT2D eigenvalue weighted by atomic mass is 10.1. The van der Waals surface area contributed by atoms with Crippen molar-refractivity contribution in [2.45, 2.75) is 0 Å². The van der Waals surface area contributed by atoms with Gasteiger partial charge in [-0.05, 0) is 18.2 Å². The number of aliphatic hydroxyl groups is 2. The molecule has 0 aromatic heterocycles. The van der Waals surface area contributed by atoms with E-state index in [1.54, 1.807) is 0 Å². The highest BCUT2D eigenvalue weighted by molar-refractivity contribution is 5.95. The van der Waals surface area contributed by atoms with Gasteiger partial charge in [0.2, 0.25) is 0 Å². The largest absolute Gasteiger partial charge is 0.512 e. The van der Waals surface area contributed by atoms with Gasteiger partial charge in [-0.2, -0.15) is 0 Å². The van der Waals surface area contributed by atoms with Gasteiger partial charge in [-0.25, -0.2) is 9.59 Å². The van der Waals surface area contributed by atoms with Gasteiger partial charge in [0, 0.05) is 0 Å². The molecule has 0 amide bonds. The van der Waals surface area contributed by atoms with E-state index in [0.29, 0.717) is 12.5 Å². The van der Waals surface area contributed by atoms with E-state index in [4.69, 9.17) is 10.2 Å². The molecule has 0 heterocycles. The standard InChI is InChI=1S/C12H10O6/c13-4-6-17-11(15)9-2-1-3-10(8-9)12(16)18-7-5-14/h1-8,13-14H. The second kappa shape index (κ2) is 6.74. The van der Waals surface area contributed by atoms with E-state index >= 15 is 0 Å². The van der Waals surface area contributed by atoms with E-state index in [9.17, 15) is 9.59 Å². The molecule has 0 unspecified atom stereocenters. The molecule has 0 fully saturated rings. The van der Waals surface area contributed by atoms with Gasteiger partial charge in [-0.3, -0.25) is 0 Å². The van der Waals surface area contributed by atoms with Gasteiger partial charge in [0.15, 0.2) is 0 Å². The van der Waals surface area contributed by atoms with E-state index in [1.807, 2.05) is 0 Å². The van der Waals surface area contributed by atoms with Crippen LogP contribution in [-0.2, 0) is 9.47 Å². The van der Waals surface area contributed by atoms with Gasteiger partial charge in [0.25, 0.3) is 0 Å². The first-order valence-electron chi connectivity index (χ1n) is 4.79. The summed E-state index contributed by atoms with van der Waals surface area (Å²) in [7, 11) is 0. The molecular weight excluding hydrogens is 240 g/mol. The number of ether oxygens (including phenoxy) is 2. The molecule has 0 aliphatic rings. The van der Waals surface area contributed by atoms with Crippen molar-refractivity contribution in [2.24, 2.45) is 0 Å². The van der Waals surface area contributed by atoms with Gasteiger partial charge < -0.3 is 19.7 Å². The zero-order chi connectivity index (χ0) is 13.4. The summed E-state index contributed by atoms with van der Waals surface area (Å²) in [6, 6.07) is 5.61. The molecule has 0 aliphatic heterocycles. The maximum atomic E-state index is 11.4. The van der Waals surface area contributed by atoms with Crippen molar-refractivity contribution < 1.29 is 29.3 Å². The molecule has 1 rings (SSSR count). The smallest absolute Gasteiger partial charge is 0.343 e. The Bertz CT molecular complexity index is 448. The molecule has 0 atom stereocenters. The molecule has 2 N–H and O–H groups in total. The van der Waals surface area contributed by atoms with Crippen molar-refractivity contribution >= 4 is 11.9 Å². The first kappa shape index (κ1) is 13.3. The van der Waals surface area contributed by atoms with Crippen molar-refractivity contribution in [3.05, 3.63) is 60.4 Å². The number of esters is 2. The Hall–Kier alpha value is -2.76. The van der Waals surface area contributed by atoms with Crippen LogP contribution in [0.4, 0.5) is 0 Å². The minimum absolute atomic E-state index is 0.121. The predicted molar refractivity (Wildman–Crippen MR) is 60.8 cm³/mol. The monoisotopic (exact) mass is 250 g/mol. The van der Waals surface area contributed by atoms with Crippen LogP contribution in [0.3, 0.4) is 0 Å². The lowest BCUT2D eigenvalue weighted by Crippen LogP contribution is -2.05. The van der Waals surface area contributed by atoms with Crippen molar-refractivity contribution in [3.8, 4) is 0 Å². The van der Waals surface area contributed by atoms with Crippen molar-refractivity contribution in [1.82, 2.24) is 0 Å². The van der Waals surface area contributed by atoms with E-state index in [-0.39, 0.29) is 11.1 Å². The molecule has 0 aliphatic carbocycles. The molecular formula is C12H10O6. The predicted octanol–water partition coefficient (Wildman–Crippen LogP) is 2.06. The fourth-order valence-electron chi connectivity index (χ4n) is 1.09. The fourth-order valence-corrected chi connectivity index (χ4v) is 1.09. The number of hydrogen-bond acceptors (Lipinski definition) is 6. The van der Waals surface area contributed by atoms with Crippen LogP contribution in [-0.4, -0.2) is 22.2 Å². The van der Waals surface area contributed by atoms with Crippen molar-refractivity contribution in [3.63, 3.8) is 0 Å². The Kier molecular flexibility index (Phi) is 4.98. The van der Waals surface area contributed by atoms with E-state index in [1.165, 1.54) is 24.3 Å². The van der Waals surface area contributed by atoms with Gasteiger partial charge in [0.05, 0.1) is 11.1 Å². The fraction of sp³-hybridized carbons (Fsp3) is 0. The summed E-state index contributed by atoms with van der Waals surface area (Å²) in [5.41, 5.74) is 0.242. The van der Waals surface area contributed by atoms with E-state index in [0.717, 1.165) is 12.5 Å². The Morgan fingerprint density at radius 3 is 1.78 bits per heavy atom. The van der Waals surface area contributed by atoms with Gasteiger partial charge >= 0.3 is 11.9 Å². The Morgan fingerprint density at radius 2 is 1.39 bits per heavy atom. The van der Waals surface area contributed by atoms with Crippen LogP contribution in [0, 0.1) is 0 Å². The van der Waals surface area contributed by atoms with Crippen LogP contribution in [0.2, 0.25) is 0 Å². The number of aliphatic hydroxyl groups excluding tert-OH is 2. The number of carbonyl (C=O) groups is 2. The third-order valence-electron chi connectivity index (χ3n) is 1.81. The average Bonchev–Trinajstić information content (AvgIpc) is 2.42. The maximum Gasteiger partial charge on any atom is 0.343 e. The van der Waals surface area contributed by atoms with Gasteiger partial charge in [0.1, 0.15) is 25.0 Å². The Morgan fingerprint density at radius 1 is 0.944 bits per heavy atom. The van der Waals surface area contributed by atoms with Crippen LogP contribution in [0.15, 0.2) is 49.3 Å². The zero-order valence-electron chi connectivity index (χ0n) is 9.15. The molecule has 0 spiro atoms. The quantitative estimate of drug-likeness (QED) is 0.627. The second-order valence-corrected chi connectivity index (χ2v) is 2.96. The highest BCUT2D eigenvalue weighted by Gasteiger charge is 2.11. The summed E-state index contributed by atoms with van der Waals surface area (Å²) in [6.45, 7) is 0. The third kappa shape index (κ3) is 3.67. The summed E-state index contributed by atoms with van der Waals surface area (Å²) in [6.07, 6.45) is 2.76. The maximum absolute atomic E-state index is 11.4. The Labute approximate surface area is 102 Å². The summed E-state index contributed by atoms with van der Waals surface area (Å²) in [5, 5.41) is 16.7. The Balaban J connectivity index is 2.85. The molecule has 0 radical (unpaired) electrons. The van der Waals surface area contributed by atoms with Crippen molar-refractivity contribution in [2.75, 3.05) is 0 Å². The summed E-state index contributed by atoms with van der Waals surface area (Å²) >= 11 is 0. The number of benzene rings is 1. The number of hydrogen-bond donors (Lipinski definition) is 2. The van der Waals surface area contributed by atoms with E-state index in [2.05, 4.69) is 9.47 Å². The van der Waals surface area contributed by atoms with Crippen LogP contribution in [0.25, 0.3) is 0 Å². The minimum atomic E-state index is -0.729. The topological polar surface area (TPSA) is 93.1 Å². The second-order valence-electron chi connectivity index (χ2n) is 2.96. The molecule has 0 saturated heterocycles. The molecule has 94 valence electrons. The summed E-state index contributed by atoms with van der Waals surface area (Å²) in [5.74, 6) is -1.46. The SMILES string of the molecule is O=C(OC=CO)c1cccc(C(=O)OC=CO)c1. The van der Waals surface area contributed by atoms with Gasteiger partial charge in [-0.1, -0.05) is 6.07 Å². The first-order chi connectivity index (χ1) is 8.69.